The van der Waals surface area contributed by atoms with Gasteiger partial charge in [0, 0.05) is 35.3 Å². The number of carboxylic acids is 1. The molecule has 0 fully saturated rings. The molecule has 0 aliphatic carbocycles. The number of anilines is 1. The predicted octanol–water partition coefficient (Wildman–Crippen LogP) is 1.35. The van der Waals surface area contributed by atoms with Crippen molar-refractivity contribution in [1.82, 2.24) is 4.98 Å². The van der Waals surface area contributed by atoms with E-state index in [0.29, 0.717) is 34.6 Å². The molecule has 0 spiro atoms. The Labute approximate surface area is 121 Å². The number of rotatable bonds is 5. The molecule has 1 heterocycles. The summed E-state index contributed by atoms with van der Waals surface area (Å²) in [6.07, 6.45) is 1.78. The van der Waals surface area contributed by atoms with Crippen LogP contribution in [-0.4, -0.2) is 29.2 Å². The largest absolute Gasteiger partial charge is 0.545 e. The molecule has 6 heteroatoms. The number of carboxylic acid groups (broad SMARTS) is 1. The van der Waals surface area contributed by atoms with Crippen LogP contribution in [0.5, 0.6) is 0 Å². The third kappa shape index (κ3) is 2.69. The van der Waals surface area contributed by atoms with Crippen molar-refractivity contribution in [2.45, 2.75) is 13.3 Å². The highest BCUT2D eigenvalue weighted by molar-refractivity contribution is 6.32. The number of aromatic nitrogens is 1. The highest BCUT2D eigenvalue weighted by Crippen LogP contribution is 2.31. The van der Waals surface area contributed by atoms with Crippen LogP contribution in [0.15, 0.2) is 18.3 Å². The number of aliphatic hydroxyl groups is 1. The monoisotopic (exact) mass is 293 g/mol. The number of benzene rings is 1. The minimum absolute atomic E-state index is 0.00263. The van der Waals surface area contributed by atoms with E-state index in [1.807, 2.05) is 6.92 Å². The second-order valence-corrected chi connectivity index (χ2v) is 4.81. The SMILES string of the molecule is Cc1c(Cl)ccc2c(NCCCO)c(C(=O)[O-])cnc12. The molecular weight excluding hydrogens is 280 g/mol. The maximum Gasteiger partial charge on any atom is 0.0767 e. The first-order valence-corrected chi connectivity index (χ1v) is 6.58. The zero-order valence-corrected chi connectivity index (χ0v) is 11.7. The van der Waals surface area contributed by atoms with Crippen molar-refractivity contribution in [3.05, 3.63) is 34.5 Å². The third-order valence-corrected chi connectivity index (χ3v) is 3.49. The lowest BCUT2D eigenvalue weighted by Gasteiger charge is -2.16. The van der Waals surface area contributed by atoms with E-state index in [-0.39, 0.29) is 12.2 Å². The minimum Gasteiger partial charge on any atom is -0.545 e. The summed E-state index contributed by atoms with van der Waals surface area (Å²) in [4.78, 5) is 15.3. The van der Waals surface area contributed by atoms with Crippen molar-refractivity contribution >= 4 is 34.2 Å². The third-order valence-electron chi connectivity index (χ3n) is 3.08. The molecule has 0 saturated carbocycles. The zero-order valence-electron chi connectivity index (χ0n) is 10.9. The fourth-order valence-corrected chi connectivity index (χ4v) is 2.17. The minimum atomic E-state index is -1.29. The molecule has 2 rings (SSSR count). The van der Waals surface area contributed by atoms with E-state index in [0.717, 1.165) is 5.56 Å². The first kappa shape index (κ1) is 14.6. The van der Waals surface area contributed by atoms with E-state index in [1.165, 1.54) is 6.20 Å². The van der Waals surface area contributed by atoms with Gasteiger partial charge in [-0.25, -0.2) is 0 Å². The van der Waals surface area contributed by atoms with Crippen molar-refractivity contribution < 1.29 is 15.0 Å². The molecule has 20 heavy (non-hydrogen) atoms. The Balaban J connectivity index is 2.61. The number of nitrogens with one attached hydrogen (secondary N) is 1. The summed E-state index contributed by atoms with van der Waals surface area (Å²) in [7, 11) is 0. The van der Waals surface area contributed by atoms with Gasteiger partial charge in [-0.2, -0.15) is 0 Å². The molecule has 5 nitrogen and oxygen atoms in total. The molecule has 1 aromatic heterocycles. The van der Waals surface area contributed by atoms with Gasteiger partial charge in [-0.3, -0.25) is 4.98 Å². The number of carbonyl (C=O) groups is 1. The van der Waals surface area contributed by atoms with Crippen LogP contribution < -0.4 is 10.4 Å². The maximum atomic E-state index is 11.2. The van der Waals surface area contributed by atoms with Gasteiger partial charge in [0.25, 0.3) is 0 Å². The smallest absolute Gasteiger partial charge is 0.0767 e. The van der Waals surface area contributed by atoms with Gasteiger partial charge >= 0.3 is 0 Å². The normalized spacial score (nSPS) is 10.8. The Bertz CT molecular complexity index is 658. The highest BCUT2D eigenvalue weighted by atomic mass is 35.5. The molecule has 0 atom stereocenters. The zero-order chi connectivity index (χ0) is 14.7. The average Bonchev–Trinajstić information content (AvgIpc) is 2.43. The van der Waals surface area contributed by atoms with E-state index in [2.05, 4.69) is 10.3 Å². The van der Waals surface area contributed by atoms with Gasteiger partial charge in [0.2, 0.25) is 0 Å². The topological polar surface area (TPSA) is 85.3 Å². The molecule has 106 valence electrons. The molecule has 0 aliphatic heterocycles. The fourth-order valence-electron chi connectivity index (χ4n) is 2.02. The molecule has 0 radical (unpaired) electrons. The van der Waals surface area contributed by atoms with Gasteiger partial charge in [-0.15, -0.1) is 0 Å². The van der Waals surface area contributed by atoms with Gasteiger partial charge < -0.3 is 20.3 Å². The van der Waals surface area contributed by atoms with Crippen LogP contribution in [0.3, 0.4) is 0 Å². The number of aliphatic hydroxyl groups excluding tert-OH is 1. The molecule has 0 aliphatic rings. The number of pyridine rings is 1. The summed E-state index contributed by atoms with van der Waals surface area (Å²) < 4.78 is 0. The second-order valence-electron chi connectivity index (χ2n) is 4.41. The molecule has 0 unspecified atom stereocenters. The van der Waals surface area contributed by atoms with Crippen LogP contribution in [0, 0.1) is 6.92 Å². The van der Waals surface area contributed by atoms with Gasteiger partial charge in [-0.1, -0.05) is 11.6 Å². The van der Waals surface area contributed by atoms with Gasteiger partial charge in [0.1, 0.15) is 0 Å². The Morgan fingerprint density at radius 2 is 2.25 bits per heavy atom. The van der Waals surface area contributed by atoms with Gasteiger partial charge in [0.15, 0.2) is 0 Å². The maximum absolute atomic E-state index is 11.2. The van der Waals surface area contributed by atoms with Crippen LogP contribution in [0.1, 0.15) is 22.3 Å². The quantitative estimate of drug-likeness (QED) is 0.813. The number of aryl methyl sites for hydroxylation is 1. The van der Waals surface area contributed by atoms with Crippen LogP contribution in [-0.2, 0) is 0 Å². The Morgan fingerprint density at radius 3 is 2.90 bits per heavy atom. The first-order valence-electron chi connectivity index (χ1n) is 6.20. The van der Waals surface area contributed by atoms with Gasteiger partial charge in [-0.05, 0) is 31.0 Å². The summed E-state index contributed by atoms with van der Waals surface area (Å²) in [5.74, 6) is -1.29. The van der Waals surface area contributed by atoms with Crippen molar-refractivity contribution in [3.63, 3.8) is 0 Å². The van der Waals surface area contributed by atoms with Crippen molar-refractivity contribution in [2.75, 3.05) is 18.5 Å². The van der Waals surface area contributed by atoms with E-state index < -0.39 is 5.97 Å². The molecule has 2 N–H and O–H groups in total. The van der Waals surface area contributed by atoms with E-state index in [4.69, 9.17) is 16.7 Å². The van der Waals surface area contributed by atoms with Crippen LogP contribution in [0.4, 0.5) is 5.69 Å². The number of aromatic carboxylic acids is 1. The lowest BCUT2D eigenvalue weighted by molar-refractivity contribution is -0.254. The number of nitrogens with zero attached hydrogens (tertiary/aromatic N) is 1. The lowest BCUT2D eigenvalue weighted by atomic mass is 10.1. The Hall–Kier alpha value is -1.85. The van der Waals surface area contributed by atoms with Crippen LogP contribution in [0.25, 0.3) is 10.9 Å². The standard InChI is InChI=1S/C14H15ClN2O3/c1-8-11(15)4-3-9-12(8)17-7-10(14(19)20)13(9)16-5-2-6-18/h3-4,7,18H,2,5-6H2,1H3,(H,16,17)(H,19,20)/p-1. The number of hydrogen-bond acceptors (Lipinski definition) is 5. The van der Waals surface area contributed by atoms with Crippen molar-refractivity contribution in [1.29, 1.82) is 0 Å². The molecule has 2 aromatic rings. The van der Waals surface area contributed by atoms with E-state index >= 15 is 0 Å². The first-order chi connectivity index (χ1) is 9.56. The molecule has 1 aromatic carbocycles. The number of hydrogen-bond donors (Lipinski definition) is 2. The van der Waals surface area contributed by atoms with Gasteiger partial charge in [0.05, 0.1) is 17.2 Å². The highest BCUT2D eigenvalue weighted by Gasteiger charge is 2.12. The van der Waals surface area contributed by atoms with Crippen LogP contribution in [0.2, 0.25) is 5.02 Å². The molecule has 0 saturated heterocycles. The average molecular weight is 294 g/mol. The lowest BCUT2D eigenvalue weighted by Crippen LogP contribution is -2.24. The summed E-state index contributed by atoms with van der Waals surface area (Å²) >= 11 is 6.05. The number of carbonyl (C=O) groups excluding carboxylic acids is 1. The van der Waals surface area contributed by atoms with E-state index in [1.54, 1.807) is 12.1 Å². The summed E-state index contributed by atoms with van der Waals surface area (Å²) in [5.41, 5.74) is 1.88. The Morgan fingerprint density at radius 1 is 1.50 bits per heavy atom. The molecule has 0 amide bonds. The Kier molecular flexibility index (Phi) is 4.42. The molecule has 0 bridgehead atoms. The van der Waals surface area contributed by atoms with E-state index in [9.17, 15) is 9.90 Å². The van der Waals surface area contributed by atoms with Crippen molar-refractivity contribution in [3.8, 4) is 0 Å². The predicted molar refractivity (Wildman–Crippen MR) is 76.0 cm³/mol. The number of halogens is 1. The fraction of sp³-hybridized carbons (Fsp3) is 0.286. The number of fused-ring (bicyclic) bond motifs is 1. The summed E-state index contributed by atoms with van der Waals surface area (Å²) in [6.45, 7) is 2.31. The summed E-state index contributed by atoms with van der Waals surface area (Å²) in [6, 6.07) is 3.43. The summed E-state index contributed by atoms with van der Waals surface area (Å²) in [5, 5.41) is 24.3. The second kappa shape index (κ2) is 6.07. The molecular formula is C14H14ClN2O3-. The van der Waals surface area contributed by atoms with Crippen LogP contribution >= 0.6 is 11.6 Å². The van der Waals surface area contributed by atoms with Crippen molar-refractivity contribution in [2.24, 2.45) is 0 Å².